The molecule has 1 amide bonds. The maximum atomic E-state index is 13.5. The molecule has 0 bridgehead atoms. The number of aryl methyl sites for hydroxylation is 1. The minimum absolute atomic E-state index is 0.0694. The zero-order valence-electron chi connectivity index (χ0n) is 14.9. The quantitative estimate of drug-likeness (QED) is 0.535. The van der Waals surface area contributed by atoms with Crippen LogP contribution in [-0.2, 0) is 0 Å². The summed E-state index contributed by atoms with van der Waals surface area (Å²) in [6.07, 6.45) is 0. The lowest BCUT2D eigenvalue weighted by molar-refractivity contribution is 0.102. The van der Waals surface area contributed by atoms with E-state index in [2.05, 4.69) is 20.4 Å². The van der Waals surface area contributed by atoms with Gasteiger partial charge in [-0.25, -0.2) is 13.8 Å². The molecule has 0 aliphatic heterocycles. The minimum Gasteiger partial charge on any atom is -0.306 e. The molecule has 0 radical (unpaired) electrons. The van der Waals surface area contributed by atoms with Gasteiger partial charge in [0.2, 0.25) is 5.95 Å². The fraction of sp³-hybridized carbons (Fsp3) is 0.0526. The third-order valence-corrected chi connectivity index (χ3v) is 4.86. The second kappa shape index (κ2) is 7.40. The molecule has 0 unspecified atom stereocenters. The van der Waals surface area contributed by atoms with Crippen molar-refractivity contribution in [3.63, 3.8) is 0 Å². The predicted molar refractivity (Wildman–Crippen MR) is 104 cm³/mol. The van der Waals surface area contributed by atoms with Crippen molar-refractivity contribution in [3.8, 4) is 16.5 Å². The van der Waals surface area contributed by atoms with E-state index in [9.17, 15) is 18.4 Å². The van der Waals surface area contributed by atoms with Gasteiger partial charge in [-0.15, -0.1) is 11.3 Å². The van der Waals surface area contributed by atoms with Crippen LogP contribution in [0.2, 0.25) is 0 Å². The molecule has 0 aliphatic rings. The van der Waals surface area contributed by atoms with Crippen LogP contribution in [0.1, 0.15) is 16.1 Å². The molecule has 0 saturated carbocycles. The van der Waals surface area contributed by atoms with Crippen LogP contribution in [0.5, 0.6) is 0 Å². The Balaban J connectivity index is 1.77. The van der Waals surface area contributed by atoms with Crippen LogP contribution in [0.25, 0.3) is 16.5 Å². The molecule has 0 spiro atoms. The standard InChI is InChI=1S/C19H13F2N5O2S/c1-10-7-17(27)24-19(22-10)26-16(9-14(25-26)15-3-2-6-29-15)23-18(28)11-4-5-12(20)13(21)8-11/h2-9H,1H3,(H,23,28)(H,22,24,27). The van der Waals surface area contributed by atoms with Crippen molar-refractivity contribution < 1.29 is 13.6 Å². The van der Waals surface area contributed by atoms with E-state index in [0.717, 1.165) is 17.0 Å². The smallest absolute Gasteiger partial charge is 0.256 e. The van der Waals surface area contributed by atoms with Crippen LogP contribution in [0.3, 0.4) is 0 Å². The molecule has 4 aromatic rings. The highest BCUT2D eigenvalue weighted by atomic mass is 32.1. The predicted octanol–water partition coefficient (Wildman–Crippen LogP) is 3.52. The van der Waals surface area contributed by atoms with Gasteiger partial charge in [-0.05, 0) is 36.6 Å². The van der Waals surface area contributed by atoms with Crippen molar-refractivity contribution >= 4 is 23.1 Å². The molecule has 3 heterocycles. The number of anilines is 1. The highest BCUT2D eigenvalue weighted by Gasteiger charge is 2.18. The first kappa shape index (κ1) is 18.7. The molecule has 0 aliphatic carbocycles. The summed E-state index contributed by atoms with van der Waals surface area (Å²) in [7, 11) is 0. The largest absolute Gasteiger partial charge is 0.306 e. The number of benzene rings is 1. The number of hydrogen-bond donors (Lipinski definition) is 2. The van der Waals surface area contributed by atoms with Crippen molar-refractivity contribution in [2.24, 2.45) is 0 Å². The summed E-state index contributed by atoms with van der Waals surface area (Å²) in [5.74, 6) is -2.53. The van der Waals surface area contributed by atoms with Crippen LogP contribution in [-0.4, -0.2) is 25.7 Å². The molecule has 4 rings (SSSR count). The number of aromatic amines is 1. The van der Waals surface area contributed by atoms with Crippen molar-refractivity contribution in [1.82, 2.24) is 19.7 Å². The number of amides is 1. The Hall–Kier alpha value is -3.66. The van der Waals surface area contributed by atoms with Gasteiger partial charge in [-0.2, -0.15) is 9.78 Å². The van der Waals surface area contributed by atoms with E-state index in [1.54, 1.807) is 13.0 Å². The van der Waals surface area contributed by atoms with Crippen LogP contribution >= 0.6 is 11.3 Å². The number of rotatable bonds is 4. The Kier molecular flexibility index (Phi) is 4.77. The number of carbonyl (C=O) groups is 1. The van der Waals surface area contributed by atoms with Gasteiger partial charge in [0.25, 0.3) is 11.5 Å². The van der Waals surface area contributed by atoms with Crippen molar-refractivity contribution in [2.45, 2.75) is 6.92 Å². The lowest BCUT2D eigenvalue weighted by Crippen LogP contribution is -2.19. The number of thiophene rings is 1. The third-order valence-electron chi connectivity index (χ3n) is 3.96. The molecular weight excluding hydrogens is 400 g/mol. The monoisotopic (exact) mass is 413 g/mol. The van der Waals surface area contributed by atoms with Crippen LogP contribution in [0, 0.1) is 18.6 Å². The lowest BCUT2D eigenvalue weighted by atomic mass is 10.2. The Bertz CT molecular complexity index is 1260. The SMILES string of the molecule is Cc1cc(=O)[nH]c(-n2nc(-c3cccs3)cc2NC(=O)c2ccc(F)c(F)c2)n1. The van der Waals surface area contributed by atoms with Crippen molar-refractivity contribution in [1.29, 1.82) is 0 Å². The summed E-state index contributed by atoms with van der Waals surface area (Å²) in [6, 6.07) is 9.48. The molecule has 2 N–H and O–H groups in total. The minimum atomic E-state index is -1.13. The van der Waals surface area contributed by atoms with Crippen molar-refractivity contribution in [3.05, 3.63) is 81.1 Å². The fourth-order valence-electron chi connectivity index (χ4n) is 2.67. The molecule has 0 atom stereocenters. The maximum Gasteiger partial charge on any atom is 0.256 e. The Morgan fingerprint density at radius 3 is 2.69 bits per heavy atom. The van der Waals surface area contributed by atoms with Gasteiger partial charge in [0.15, 0.2) is 11.6 Å². The second-order valence-corrected chi connectivity index (χ2v) is 7.05. The Labute approximate surface area is 166 Å². The molecular formula is C19H13F2N5O2S. The molecule has 0 saturated heterocycles. The molecule has 29 heavy (non-hydrogen) atoms. The highest BCUT2D eigenvalue weighted by molar-refractivity contribution is 7.13. The molecule has 0 fully saturated rings. The zero-order chi connectivity index (χ0) is 20.5. The number of hydrogen-bond acceptors (Lipinski definition) is 5. The average molecular weight is 413 g/mol. The fourth-order valence-corrected chi connectivity index (χ4v) is 3.35. The normalized spacial score (nSPS) is 10.9. The summed E-state index contributed by atoms with van der Waals surface area (Å²) in [5.41, 5.74) is 0.568. The van der Waals surface area contributed by atoms with Crippen molar-refractivity contribution in [2.75, 3.05) is 5.32 Å². The summed E-state index contributed by atoms with van der Waals surface area (Å²) < 4.78 is 27.9. The van der Waals surface area contributed by atoms with Gasteiger partial charge >= 0.3 is 0 Å². The average Bonchev–Trinajstić information content (AvgIpc) is 3.33. The first-order valence-corrected chi connectivity index (χ1v) is 9.27. The molecule has 1 aromatic carbocycles. The molecule has 7 nitrogen and oxygen atoms in total. The summed E-state index contributed by atoms with van der Waals surface area (Å²) >= 11 is 1.45. The summed E-state index contributed by atoms with van der Waals surface area (Å²) in [5, 5.41) is 8.91. The van der Waals surface area contributed by atoms with Gasteiger partial charge in [0.05, 0.1) is 4.88 Å². The summed E-state index contributed by atoms with van der Waals surface area (Å²) in [6.45, 7) is 1.65. The van der Waals surface area contributed by atoms with E-state index in [1.165, 1.54) is 28.2 Å². The number of carbonyl (C=O) groups excluding carboxylic acids is 1. The summed E-state index contributed by atoms with van der Waals surface area (Å²) in [4.78, 5) is 32.1. The first-order chi connectivity index (χ1) is 13.9. The van der Waals surface area contributed by atoms with E-state index in [1.807, 2.05) is 17.5 Å². The first-order valence-electron chi connectivity index (χ1n) is 8.39. The maximum absolute atomic E-state index is 13.5. The van der Waals surface area contributed by atoms with E-state index >= 15 is 0 Å². The van der Waals surface area contributed by atoms with Gasteiger partial charge in [0.1, 0.15) is 11.5 Å². The number of H-pyrrole nitrogens is 1. The zero-order valence-corrected chi connectivity index (χ0v) is 15.8. The Morgan fingerprint density at radius 2 is 2.00 bits per heavy atom. The second-order valence-electron chi connectivity index (χ2n) is 6.10. The van der Waals surface area contributed by atoms with Crippen LogP contribution in [0.15, 0.2) is 52.6 Å². The lowest BCUT2D eigenvalue weighted by Gasteiger charge is -2.08. The molecule has 146 valence electrons. The van der Waals surface area contributed by atoms with Gasteiger partial charge in [0, 0.05) is 23.4 Å². The number of nitrogens with zero attached hydrogens (tertiary/aromatic N) is 3. The number of halogens is 2. The van der Waals surface area contributed by atoms with E-state index in [-0.39, 0.29) is 22.9 Å². The van der Waals surface area contributed by atoms with E-state index in [4.69, 9.17) is 0 Å². The van der Waals surface area contributed by atoms with E-state index < -0.39 is 17.5 Å². The number of nitrogens with one attached hydrogen (secondary N) is 2. The molecule has 10 heteroatoms. The number of aromatic nitrogens is 4. The highest BCUT2D eigenvalue weighted by Crippen LogP contribution is 2.27. The van der Waals surface area contributed by atoms with E-state index in [0.29, 0.717) is 11.4 Å². The van der Waals surface area contributed by atoms with Gasteiger partial charge in [-0.3, -0.25) is 14.6 Å². The van der Waals surface area contributed by atoms with Gasteiger partial charge < -0.3 is 5.32 Å². The topological polar surface area (TPSA) is 92.7 Å². The Morgan fingerprint density at radius 1 is 1.17 bits per heavy atom. The van der Waals surface area contributed by atoms with Gasteiger partial charge in [-0.1, -0.05) is 6.07 Å². The third kappa shape index (κ3) is 3.83. The molecule has 3 aromatic heterocycles. The van der Waals surface area contributed by atoms with Crippen LogP contribution in [0.4, 0.5) is 14.6 Å². The van der Waals surface area contributed by atoms with Crippen LogP contribution < -0.4 is 10.9 Å².